The number of fused-ring (bicyclic) bond motifs is 1. The van der Waals surface area contributed by atoms with Crippen LogP contribution >= 0.6 is 0 Å². The largest absolute Gasteiger partial charge is 0.493 e. The van der Waals surface area contributed by atoms with E-state index in [0.717, 1.165) is 17.2 Å². The van der Waals surface area contributed by atoms with Crippen molar-refractivity contribution in [2.75, 3.05) is 25.7 Å². The van der Waals surface area contributed by atoms with E-state index in [-0.39, 0.29) is 5.69 Å². The minimum absolute atomic E-state index is 0.0969. The molecule has 1 aliphatic heterocycles. The summed E-state index contributed by atoms with van der Waals surface area (Å²) in [6.07, 6.45) is 0.684. The molecule has 6 nitrogen and oxygen atoms in total. The first-order chi connectivity index (χ1) is 11.5. The molecule has 1 heterocycles. The van der Waals surface area contributed by atoms with Gasteiger partial charge in [-0.25, -0.2) is 4.39 Å². The fraction of sp³-hybridized carbons (Fsp3) is 0.294. The number of rotatable bonds is 4. The summed E-state index contributed by atoms with van der Waals surface area (Å²) in [5, 5.41) is 11.2. The van der Waals surface area contributed by atoms with Gasteiger partial charge in [0.15, 0.2) is 11.5 Å². The van der Waals surface area contributed by atoms with Gasteiger partial charge in [-0.2, -0.15) is 0 Å². The highest BCUT2D eigenvalue weighted by atomic mass is 19.1. The molecule has 0 saturated carbocycles. The van der Waals surface area contributed by atoms with E-state index in [1.54, 1.807) is 14.2 Å². The van der Waals surface area contributed by atoms with Crippen LogP contribution < -0.4 is 14.4 Å². The molecule has 0 saturated heterocycles. The standard InChI is InChI=1S/C17H17FN2O4/c1-23-16-7-11-5-6-19(10-12(11)8-17(16)24-2)15-9-13(18)3-4-14(15)20(21)22/h3-4,7-9H,5-6,10H2,1-2H3. The molecule has 0 fully saturated rings. The van der Waals surface area contributed by atoms with Gasteiger partial charge in [-0.1, -0.05) is 0 Å². The van der Waals surface area contributed by atoms with Crippen LogP contribution in [0.4, 0.5) is 15.8 Å². The van der Waals surface area contributed by atoms with Crippen LogP contribution in [0.15, 0.2) is 30.3 Å². The molecule has 0 atom stereocenters. The highest BCUT2D eigenvalue weighted by Gasteiger charge is 2.25. The second kappa shape index (κ2) is 6.35. The predicted molar refractivity (Wildman–Crippen MR) is 87.4 cm³/mol. The van der Waals surface area contributed by atoms with Crippen molar-refractivity contribution in [3.8, 4) is 11.5 Å². The number of hydrogen-bond acceptors (Lipinski definition) is 5. The molecule has 0 unspecified atom stereocenters. The fourth-order valence-electron chi connectivity index (χ4n) is 2.99. The molecule has 0 amide bonds. The Bertz CT molecular complexity index is 794. The van der Waals surface area contributed by atoms with Crippen LogP contribution in [-0.2, 0) is 13.0 Å². The predicted octanol–water partition coefficient (Wildman–Crippen LogP) is 3.31. The van der Waals surface area contributed by atoms with Gasteiger partial charge in [0.2, 0.25) is 0 Å². The van der Waals surface area contributed by atoms with E-state index in [0.29, 0.717) is 36.7 Å². The topological polar surface area (TPSA) is 64.8 Å². The highest BCUT2D eigenvalue weighted by molar-refractivity contribution is 5.64. The smallest absolute Gasteiger partial charge is 0.292 e. The summed E-state index contributed by atoms with van der Waals surface area (Å²) < 4.78 is 24.2. The monoisotopic (exact) mass is 332 g/mol. The van der Waals surface area contributed by atoms with Crippen molar-refractivity contribution in [2.24, 2.45) is 0 Å². The molecule has 0 aromatic heterocycles. The number of anilines is 1. The second-order valence-electron chi connectivity index (χ2n) is 5.54. The Morgan fingerprint density at radius 1 is 1.12 bits per heavy atom. The number of ether oxygens (including phenoxy) is 2. The van der Waals surface area contributed by atoms with Crippen molar-refractivity contribution in [1.82, 2.24) is 0 Å². The zero-order valence-corrected chi connectivity index (χ0v) is 13.4. The molecule has 1 aliphatic rings. The third-order valence-corrected chi connectivity index (χ3v) is 4.19. The zero-order chi connectivity index (χ0) is 17.3. The number of benzene rings is 2. The molecule has 2 aromatic carbocycles. The summed E-state index contributed by atoms with van der Waals surface area (Å²) in [7, 11) is 3.14. The van der Waals surface area contributed by atoms with Crippen LogP contribution in [0.1, 0.15) is 11.1 Å². The zero-order valence-electron chi connectivity index (χ0n) is 13.4. The Kier molecular flexibility index (Phi) is 4.24. The lowest BCUT2D eigenvalue weighted by molar-refractivity contribution is -0.384. The fourth-order valence-corrected chi connectivity index (χ4v) is 2.99. The normalized spacial score (nSPS) is 13.4. The average molecular weight is 332 g/mol. The Morgan fingerprint density at radius 2 is 1.79 bits per heavy atom. The summed E-state index contributed by atoms with van der Waals surface area (Å²) in [4.78, 5) is 12.6. The molecule has 3 rings (SSSR count). The molecule has 126 valence electrons. The maximum absolute atomic E-state index is 13.6. The molecule has 7 heteroatoms. The summed E-state index contributed by atoms with van der Waals surface area (Å²) in [5.74, 6) is 0.766. The van der Waals surface area contributed by atoms with Gasteiger partial charge in [-0.3, -0.25) is 10.1 Å². The van der Waals surface area contributed by atoms with Gasteiger partial charge in [-0.05, 0) is 35.7 Å². The lowest BCUT2D eigenvalue weighted by Crippen LogP contribution is -2.31. The summed E-state index contributed by atoms with van der Waals surface area (Å²) >= 11 is 0. The van der Waals surface area contributed by atoms with Gasteiger partial charge in [0.05, 0.1) is 19.1 Å². The summed E-state index contributed by atoms with van der Waals surface area (Å²) in [5.41, 5.74) is 2.28. The van der Waals surface area contributed by atoms with Gasteiger partial charge in [-0.15, -0.1) is 0 Å². The lowest BCUT2D eigenvalue weighted by Gasteiger charge is -2.31. The third-order valence-electron chi connectivity index (χ3n) is 4.19. The molecule has 24 heavy (non-hydrogen) atoms. The maximum Gasteiger partial charge on any atom is 0.292 e. The highest BCUT2D eigenvalue weighted by Crippen LogP contribution is 2.36. The van der Waals surface area contributed by atoms with Crippen LogP contribution in [0.25, 0.3) is 0 Å². The van der Waals surface area contributed by atoms with Gasteiger partial charge < -0.3 is 14.4 Å². The van der Waals surface area contributed by atoms with Crippen molar-refractivity contribution < 1.29 is 18.8 Å². The third kappa shape index (κ3) is 2.84. The molecule has 0 bridgehead atoms. The van der Waals surface area contributed by atoms with Crippen molar-refractivity contribution in [2.45, 2.75) is 13.0 Å². The minimum Gasteiger partial charge on any atom is -0.493 e. The van der Waals surface area contributed by atoms with E-state index in [9.17, 15) is 14.5 Å². The molecule has 0 N–H and O–H groups in total. The molecule has 0 radical (unpaired) electrons. The Morgan fingerprint density at radius 3 is 2.42 bits per heavy atom. The Balaban J connectivity index is 1.98. The van der Waals surface area contributed by atoms with Crippen molar-refractivity contribution in [3.05, 3.63) is 57.4 Å². The van der Waals surface area contributed by atoms with E-state index in [4.69, 9.17) is 9.47 Å². The number of nitro benzene ring substituents is 1. The molecule has 2 aromatic rings. The van der Waals surface area contributed by atoms with Crippen LogP contribution in [0.3, 0.4) is 0 Å². The van der Waals surface area contributed by atoms with Crippen LogP contribution in [0.2, 0.25) is 0 Å². The Labute approximate surface area is 138 Å². The number of hydrogen-bond donors (Lipinski definition) is 0. The van der Waals surface area contributed by atoms with Crippen LogP contribution in [-0.4, -0.2) is 25.7 Å². The number of nitro groups is 1. The molecular weight excluding hydrogens is 315 g/mol. The second-order valence-corrected chi connectivity index (χ2v) is 5.54. The van der Waals surface area contributed by atoms with Gasteiger partial charge >= 0.3 is 0 Å². The van der Waals surface area contributed by atoms with E-state index in [1.807, 2.05) is 17.0 Å². The quantitative estimate of drug-likeness (QED) is 0.635. The van der Waals surface area contributed by atoms with Crippen molar-refractivity contribution in [3.63, 3.8) is 0 Å². The van der Waals surface area contributed by atoms with Gasteiger partial charge in [0.1, 0.15) is 11.5 Å². The number of halogens is 1. The van der Waals surface area contributed by atoms with Gasteiger partial charge in [0, 0.05) is 25.2 Å². The number of nitrogens with zero attached hydrogens (tertiary/aromatic N) is 2. The molecular formula is C17H17FN2O4. The number of methoxy groups -OCH3 is 2. The molecule has 0 spiro atoms. The van der Waals surface area contributed by atoms with Gasteiger partial charge in [0.25, 0.3) is 5.69 Å². The van der Waals surface area contributed by atoms with Crippen LogP contribution in [0.5, 0.6) is 11.5 Å². The Hall–Kier alpha value is -2.83. The van der Waals surface area contributed by atoms with E-state index in [2.05, 4.69) is 0 Å². The maximum atomic E-state index is 13.6. The lowest BCUT2D eigenvalue weighted by atomic mass is 9.98. The van der Waals surface area contributed by atoms with E-state index < -0.39 is 10.7 Å². The van der Waals surface area contributed by atoms with E-state index in [1.165, 1.54) is 12.1 Å². The first-order valence-corrected chi connectivity index (χ1v) is 7.46. The van der Waals surface area contributed by atoms with Crippen molar-refractivity contribution in [1.29, 1.82) is 0 Å². The summed E-state index contributed by atoms with van der Waals surface area (Å²) in [6, 6.07) is 7.31. The first kappa shape index (κ1) is 16.0. The SMILES string of the molecule is COc1cc2c(cc1OC)CN(c1cc(F)ccc1[N+](=O)[O-])CC2. The average Bonchev–Trinajstić information content (AvgIpc) is 2.59. The minimum atomic E-state index is -0.492. The van der Waals surface area contributed by atoms with Crippen molar-refractivity contribution >= 4 is 11.4 Å². The first-order valence-electron chi connectivity index (χ1n) is 7.46. The van der Waals surface area contributed by atoms with E-state index >= 15 is 0 Å². The van der Waals surface area contributed by atoms with Crippen LogP contribution in [0, 0.1) is 15.9 Å². The summed E-state index contributed by atoms with van der Waals surface area (Å²) in [6.45, 7) is 1.01. The molecule has 0 aliphatic carbocycles.